The highest BCUT2D eigenvalue weighted by molar-refractivity contribution is 5.67. The predicted molar refractivity (Wildman–Crippen MR) is 70.5 cm³/mol. The van der Waals surface area contributed by atoms with Gasteiger partial charge in [-0.2, -0.15) is 0 Å². The molecule has 4 heteroatoms. The van der Waals surface area contributed by atoms with Gasteiger partial charge in [-0.25, -0.2) is 4.79 Å². The average molecular weight is 248 g/mol. The molecular weight excluding hydrogens is 228 g/mol. The molecule has 0 saturated carbocycles. The Morgan fingerprint density at radius 2 is 2.06 bits per heavy atom. The molecule has 1 amide bonds. The maximum Gasteiger partial charge on any atom is 0.410 e. The van der Waals surface area contributed by atoms with E-state index in [0.29, 0.717) is 6.61 Å². The number of piperazine rings is 1. The Morgan fingerprint density at radius 1 is 1.33 bits per heavy atom. The second kappa shape index (κ2) is 5.87. The zero-order valence-electron chi connectivity index (χ0n) is 11.0. The van der Waals surface area contributed by atoms with E-state index in [1.54, 1.807) is 4.90 Å². The highest BCUT2D eigenvalue weighted by atomic mass is 16.6. The van der Waals surface area contributed by atoms with Crippen molar-refractivity contribution >= 4 is 6.09 Å². The van der Waals surface area contributed by atoms with E-state index in [0.717, 1.165) is 31.7 Å². The number of carbonyl (C=O) groups excluding carboxylic acids is 1. The Morgan fingerprint density at radius 3 is 2.72 bits per heavy atom. The van der Waals surface area contributed by atoms with Crippen molar-refractivity contribution in [1.82, 2.24) is 10.2 Å². The molecule has 1 aromatic carbocycles. The summed E-state index contributed by atoms with van der Waals surface area (Å²) < 4.78 is 5.35. The van der Waals surface area contributed by atoms with E-state index in [4.69, 9.17) is 4.74 Å². The van der Waals surface area contributed by atoms with Gasteiger partial charge < -0.3 is 15.0 Å². The van der Waals surface area contributed by atoms with Crippen LogP contribution in [0.4, 0.5) is 4.79 Å². The second-order valence-corrected chi connectivity index (χ2v) is 4.72. The minimum absolute atomic E-state index is 0.212. The summed E-state index contributed by atoms with van der Waals surface area (Å²) in [6.45, 7) is 7.61. The van der Waals surface area contributed by atoms with Gasteiger partial charge in [-0.05, 0) is 25.0 Å². The lowest BCUT2D eigenvalue weighted by Gasteiger charge is -2.26. The highest BCUT2D eigenvalue weighted by Crippen LogP contribution is 2.12. The number of amides is 1. The van der Waals surface area contributed by atoms with E-state index in [1.165, 1.54) is 11.1 Å². The maximum atomic E-state index is 11.8. The van der Waals surface area contributed by atoms with Crippen molar-refractivity contribution in [3.63, 3.8) is 0 Å². The van der Waals surface area contributed by atoms with Crippen LogP contribution in [0.5, 0.6) is 0 Å². The van der Waals surface area contributed by atoms with Gasteiger partial charge in [-0.15, -0.1) is 0 Å². The predicted octanol–water partition coefficient (Wildman–Crippen LogP) is 1.85. The molecule has 1 saturated heterocycles. The molecule has 18 heavy (non-hydrogen) atoms. The van der Waals surface area contributed by atoms with Gasteiger partial charge in [0.1, 0.15) is 6.61 Å². The first-order chi connectivity index (χ1) is 8.66. The number of rotatable bonds is 2. The van der Waals surface area contributed by atoms with Crippen molar-refractivity contribution in [1.29, 1.82) is 0 Å². The van der Waals surface area contributed by atoms with E-state index < -0.39 is 0 Å². The van der Waals surface area contributed by atoms with E-state index in [-0.39, 0.29) is 6.09 Å². The zero-order valence-corrected chi connectivity index (χ0v) is 11.0. The minimum Gasteiger partial charge on any atom is -0.445 e. The molecule has 1 heterocycles. The van der Waals surface area contributed by atoms with Crippen molar-refractivity contribution in [2.75, 3.05) is 26.2 Å². The molecule has 4 nitrogen and oxygen atoms in total. The number of ether oxygens (including phenoxy) is 1. The first kappa shape index (κ1) is 12.9. The highest BCUT2D eigenvalue weighted by Gasteiger charge is 2.17. The van der Waals surface area contributed by atoms with Crippen LogP contribution in [0.1, 0.15) is 16.7 Å². The maximum absolute atomic E-state index is 11.8. The molecular formula is C14H20N2O2. The molecule has 98 valence electrons. The molecule has 1 N–H and O–H groups in total. The van der Waals surface area contributed by atoms with Crippen LogP contribution in [0.15, 0.2) is 18.2 Å². The Kier molecular flexibility index (Phi) is 4.20. The van der Waals surface area contributed by atoms with E-state index in [1.807, 2.05) is 19.1 Å². The lowest BCUT2D eigenvalue weighted by Crippen LogP contribution is -2.46. The lowest BCUT2D eigenvalue weighted by atomic mass is 10.1. The van der Waals surface area contributed by atoms with Gasteiger partial charge in [0.2, 0.25) is 0 Å². The Bertz CT molecular complexity index is 426. The van der Waals surface area contributed by atoms with Crippen LogP contribution in [-0.4, -0.2) is 37.2 Å². The largest absolute Gasteiger partial charge is 0.445 e. The molecule has 0 aromatic heterocycles. The summed E-state index contributed by atoms with van der Waals surface area (Å²) in [5.74, 6) is 0. The molecule has 1 aliphatic rings. The van der Waals surface area contributed by atoms with E-state index in [2.05, 4.69) is 18.3 Å². The molecule has 1 aliphatic heterocycles. The van der Waals surface area contributed by atoms with Crippen LogP contribution in [0.25, 0.3) is 0 Å². The van der Waals surface area contributed by atoms with Gasteiger partial charge in [-0.1, -0.05) is 23.8 Å². The van der Waals surface area contributed by atoms with Gasteiger partial charge in [0, 0.05) is 26.2 Å². The number of aryl methyl sites for hydroxylation is 2. The van der Waals surface area contributed by atoms with Crippen LogP contribution in [0.2, 0.25) is 0 Å². The molecule has 0 spiro atoms. The van der Waals surface area contributed by atoms with Gasteiger partial charge in [0.15, 0.2) is 0 Å². The number of hydrogen-bond donors (Lipinski definition) is 1. The second-order valence-electron chi connectivity index (χ2n) is 4.72. The molecule has 0 aliphatic carbocycles. The Balaban J connectivity index is 1.88. The first-order valence-corrected chi connectivity index (χ1v) is 6.35. The third-order valence-electron chi connectivity index (χ3n) is 3.22. The molecule has 0 radical (unpaired) electrons. The summed E-state index contributed by atoms with van der Waals surface area (Å²) in [5.41, 5.74) is 3.47. The van der Waals surface area contributed by atoms with Crippen molar-refractivity contribution in [3.05, 3.63) is 34.9 Å². The smallest absolute Gasteiger partial charge is 0.410 e. The van der Waals surface area contributed by atoms with Gasteiger partial charge in [-0.3, -0.25) is 0 Å². The fraction of sp³-hybridized carbons (Fsp3) is 0.500. The third kappa shape index (κ3) is 3.23. The monoisotopic (exact) mass is 248 g/mol. The summed E-state index contributed by atoms with van der Waals surface area (Å²) in [6.07, 6.45) is -0.212. The Labute approximate surface area is 108 Å². The van der Waals surface area contributed by atoms with Gasteiger partial charge in [0.25, 0.3) is 0 Å². The van der Waals surface area contributed by atoms with Crippen LogP contribution in [0, 0.1) is 13.8 Å². The van der Waals surface area contributed by atoms with E-state index >= 15 is 0 Å². The summed E-state index contributed by atoms with van der Waals surface area (Å²) >= 11 is 0. The van der Waals surface area contributed by atoms with Gasteiger partial charge in [0.05, 0.1) is 0 Å². The van der Waals surface area contributed by atoms with Crippen LogP contribution in [-0.2, 0) is 11.3 Å². The zero-order chi connectivity index (χ0) is 13.0. The molecule has 1 fully saturated rings. The minimum atomic E-state index is -0.212. The number of nitrogens with zero attached hydrogens (tertiary/aromatic N) is 1. The molecule has 2 rings (SSSR count). The molecule has 1 aromatic rings. The van der Waals surface area contributed by atoms with Gasteiger partial charge >= 0.3 is 6.09 Å². The average Bonchev–Trinajstić information content (AvgIpc) is 2.38. The normalized spacial score (nSPS) is 15.6. The standard InChI is InChI=1S/C14H20N2O2/c1-11-3-4-13(12(2)9-11)10-18-14(17)16-7-5-15-6-8-16/h3-4,9,15H,5-8,10H2,1-2H3. The summed E-state index contributed by atoms with van der Waals surface area (Å²) in [6, 6.07) is 6.17. The first-order valence-electron chi connectivity index (χ1n) is 6.35. The molecule has 0 unspecified atom stereocenters. The fourth-order valence-corrected chi connectivity index (χ4v) is 2.09. The van der Waals surface area contributed by atoms with Crippen molar-refractivity contribution in [2.45, 2.75) is 20.5 Å². The van der Waals surface area contributed by atoms with E-state index in [9.17, 15) is 4.79 Å². The van der Waals surface area contributed by atoms with Crippen LogP contribution in [0.3, 0.4) is 0 Å². The fourth-order valence-electron chi connectivity index (χ4n) is 2.09. The third-order valence-corrected chi connectivity index (χ3v) is 3.22. The van der Waals surface area contributed by atoms with Crippen LogP contribution < -0.4 is 5.32 Å². The Hall–Kier alpha value is -1.55. The summed E-state index contributed by atoms with van der Waals surface area (Å²) in [4.78, 5) is 13.6. The summed E-state index contributed by atoms with van der Waals surface area (Å²) in [5, 5.41) is 3.21. The number of nitrogens with one attached hydrogen (secondary N) is 1. The topological polar surface area (TPSA) is 41.6 Å². The quantitative estimate of drug-likeness (QED) is 0.868. The van der Waals surface area contributed by atoms with Crippen molar-refractivity contribution in [3.8, 4) is 0 Å². The lowest BCUT2D eigenvalue weighted by molar-refractivity contribution is 0.0917. The van der Waals surface area contributed by atoms with Crippen LogP contribution >= 0.6 is 0 Å². The molecule has 0 atom stereocenters. The number of carbonyl (C=O) groups is 1. The number of benzene rings is 1. The molecule has 0 bridgehead atoms. The summed E-state index contributed by atoms with van der Waals surface area (Å²) in [7, 11) is 0. The SMILES string of the molecule is Cc1ccc(COC(=O)N2CCNCC2)c(C)c1. The van der Waals surface area contributed by atoms with Crippen molar-refractivity contribution < 1.29 is 9.53 Å². The van der Waals surface area contributed by atoms with Crippen molar-refractivity contribution in [2.24, 2.45) is 0 Å². The number of hydrogen-bond acceptors (Lipinski definition) is 3.